The number of methoxy groups -OCH3 is 3. The molecule has 1 aromatic carbocycles. The molecule has 0 aromatic heterocycles. The lowest BCUT2D eigenvalue weighted by atomic mass is 10.0. The second-order valence-corrected chi connectivity index (χ2v) is 3.79. The van der Waals surface area contributed by atoms with Crippen LogP contribution in [0.1, 0.15) is 17.3 Å². The van der Waals surface area contributed by atoms with Gasteiger partial charge in [-0.25, -0.2) is 0 Å². The molecule has 0 aliphatic heterocycles. The first kappa shape index (κ1) is 14.3. The normalized spacial score (nSPS) is 11.8. The lowest BCUT2D eigenvalue weighted by molar-refractivity contribution is 0.0954. The van der Waals surface area contributed by atoms with Gasteiger partial charge in [0, 0.05) is 5.56 Å². The molecular formula is C13H19NO4. The van der Waals surface area contributed by atoms with Gasteiger partial charge in [-0.1, -0.05) is 0 Å². The van der Waals surface area contributed by atoms with Crippen LogP contribution in [0.15, 0.2) is 12.1 Å². The summed E-state index contributed by atoms with van der Waals surface area (Å²) in [5.41, 5.74) is 0.520. The van der Waals surface area contributed by atoms with Gasteiger partial charge in [0.2, 0.25) is 5.75 Å². The molecule has 5 nitrogen and oxygen atoms in total. The Hall–Kier alpha value is -1.75. The Morgan fingerprint density at radius 3 is 1.94 bits per heavy atom. The van der Waals surface area contributed by atoms with Gasteiger partial charge in [0.25, 0.3) is 0 Å². The van der Waals surface area contributed by atoms with Gasteiger partial charge in [-0.3, -0.25) is 4.79 Å². The molecule has 0 fully saturated rings. The summed E-state index contributed by atoms with van der Waals surface area (Å²) in [5.74, 6) is 1.40. The maximum Gasteiger partial charge on any atom is 0.203 e. The van der Waals surface area contributed by atoms with Crippen molar-refractivity contribution in [1.29, 1.82) is 0 Å². The fourth-order valence-corrected chi connectivity index (χ4v) is 1.60. The molecule has 0 bridgehead atoms. The van der Waals surface area contributed by atoms with E-state index in [0.717, 1.165) is 0 Å². The molecule has 0 radical (unpaired) electrons. The average Bonchev–Trinajstić information content (AvgIpc) is 2.43. The Morgan fingerprint density at radius 1 is 1.11 bits per heavy atom. The first-order valence-corrected chi connectivity index (χ1v) is 5.60. The van der Waals surface area contributed by atoms with Crippen molar-refractivity contribution in [2.75, 3.05) is 28.4 Å². The number of ether oxygens (including phenoxy) is 3. The van der Waals surface area contributed by atoms with Crippen LogP contribution in [-0.4, -0.2) is 40.2 Å². The van der Waals surface area contributed by atoms with E-state index in [-0.39, 0.29) is 11.8 Å². The number of nitrogens with one attached hydrogen (secondary N) is 1. The number of benzene rings is 1. The number of Topliss-reactive ketones (excluding diaryl/α,β-unsaturated/α-hetero) is 1. The van der Waals surface area contributed by atoms with Gasteiger partial charge >= 0.3 is 0 Å². The second-order valence-electron chi connectivity index (χ2n) is 3.79. The fraction of sp³-hybridized carbons (Fsp3) is 0.462. The topological polar surface area (TPSA) is 56.8 Å². The van der Waals surface area contributed by atoms with Gasteiger partial charge in [-0.15, -0.1) is 0 Å². The molecule has 1 N–H and O–H groups in total. The van der Waals surface area contributed by atoms with E-state index in [1.54, 1.807) is 26.1 Å². The van der Waals surface area contributed by atoms with E-state index in [2.05, 4.69) is 5.32 Å². The number of ketones is 1. The third-order valence-corrected chi connectivity index (χ3v) is 2.78. The number of hydrogen-bond acceptors (Lipinski definition) is 5. The van der Waals surface area contributed by atoms with Crippen LogP contribution >= 0.6 is 0 Å². The van der Waals surface area contributed by atoms with Crippen molar-refractivity contribution in [2.24, 2.45) is 0 Å². The zero-order valence-electron chi connectivity index (χ0n) is 11.4. The van der Waals surface area contributed by atoms with Crippen molar-refractivity contribution in [1.82, 2.24) is 5.32 Å². The Kier molecular flexibility index (Phi) is 4.97. The Labute approximate surface area is 107 Å². The number of hydrogen-bond donors (Lipinski definition) is 1. The molecule has 18 heavy (non-hydrogen) atoms. The molecule has 1 aromatic rings. The smallest absolute Gasteiger partial charge is 0.203 e. The zero-order chi connectivity index (χ0) is 13.7. The molecule has 0 saturated carbocycles. The van der Waals surface area contributed by atoms with Crippen LogP contribution in [-0.2, 0) is 0 Å². The molecule has 0 amide bonds. The van der Waals surface area contributed by atoms with Crippen molar-refractivity contribution < 1.29 is 19.0 Å². The largest absolute Gasteiger partial charge is 0.493 e. The Bertz CT molecular complexity index is 406. The fourth-order valence-electron chi connectivity index (χ4n) is 1.60. The lowest BCUT2D eigenvalue weighted by Crippen LogP contribution is -2.30. The Balaban J connectivity index is 3.27. The van der Waals surface area contributed by atoms with Crippen LogP contribution in [0.4, 0.5) is 0 Å². The van der Waals surface area contributed by atoms with Crippen LogP contribution < -0.4 is 19.5 Å². The molecule has 1 atom stereocenters. The monoisotopic (exact) mass is 253 g/mol. The molecule has 0 spiro atoms. The first-order chi connectivity index (χ1) is 8.58. The SMILES string of the molecule is CNC(C)C(=O)c1cc(OC)c(OC)c(OC)c1. The minimum Gasteiger partial charge on any atom is -0.493 e. The second kappa shape index (κ2) is 6.26. The number of carbonyl (C=O) groups excluding carboxylic acids is 1. The predicted octanol–water partition coefficient (Wildman–Crippen LogP) is 1.50. The van der Waals surface area contributed by atoms with E-state index < -0.39 is 0 Å². The van der Waals surface area contributed by atoms with Crippen LogP contribution in [0, 0.1) is 0 Å². The molecule has 0 heterocycles. The van der Waals surface area contributed by atoms with E-state index in [1.807, 2.05) is 0 Å². The van der Waals surface area contributed by atoms with Gasteiger partial charge in [0.1, 0.15) is 0 Å². The lowest BCUT2D eigenvalue weighted by Gasteiger charge is -2.15. The molecule has 0 saturated heterocycles. The van der Waals surface area contributed by atoms with Crippen molar-refractivity contribution in [3.05, 3.63) is 17.7 Å². The van der Waals surface area contributed by atoms with Crippen LogP contribution in [0.2, 0.25) is 0 Å². The number of rotatable bonds is 6. The maximum absolute atomic E-state index is 12.1. The summed E-state index contributed by atoms with van der Waals surface area (Å²) in [6, 6.07) is 3.03. The summed E-state index contributed by atoms with van der Waals surface area (Å²) < 4.78 is 15.6. The maximum atomic E-state index is 12.1. The molecule has 1 unspecified atom stereocenters. The quantitative estimate of drug-likeness (QED) is 0.779. The average molecular weight is 253 g/mol. The molecule has 100 valence electrons. The van der Waals surface area contributed by atoms with E-state index >= 15 is 0 Å². The molecular weight excluding hydrogens is 234 g/mol. The summed E-state index contributed by atoms with van der Waals surface area (Å²) in [7, 11) is 6.30. The highest BCUT2D eigenvalue weighted by molar-refractivity contribution is 6.00. The van der Waals surface area contributed by atoms with Crippen molar-refractivity contribution in [3.63, 3.8) is 0 Å². The van der Waals surface area contributed by atoms with Crippen molar-refractivity contribution in [2.45, 2.75) is 13.0 Å². The summed E-state index contributed by atoms with van der Waals surface area (Å²) in [6.07, 6.45) is 0. The summed E-state index contributed by atoms with van der Waals surface area (Å²) >= 11 is 0. The summed E-state index contributed by atoms with van der Waals surface area (Å²) in [6.45, 7) is 1.80. The van der Waals surface area contributed by atoms with Crippen LogP contribution in [0.5, 0.6) is 17.2 Å². The molecule has 5 heteroatoms. The minimum absolute atomic E-state index is 0.0308. The van der Waals surface area contributed by atoms with Crippen LogP contribution in [0.25, 0.3) is 0 Å². The molecule has 0 aliphatic rings. The highest BCUT2D eigenvalue weighted by Crippen LogP contribution is 2.38. The van der Waals surface area contributed by atoms with Gasteiger partial charge in [-0.2, -0.15) is 0 Å². The highest BCUT2D eigenvalue weighted by atomic mass is 16.5. The number of carbonyl (C=O) groups is 1. The number of likely N-dealkylation sites (N-methyl/N-ethyl adjacent to an activating group) is 1. The molecule has 1 rings (SSSR count). The summed E-state index contributed by atoms with van der Waals surface area (Å²) in [5, 5.41) is 2.90. The standard InChI is InChI=1S/C13H19NO4/c1-8(14-2)12(15)9-6-10(16-3)13(18-5)11(7-9)17-4/h6-8,14H,1-5H3. The third-order valence-electron chi connectivity index (χ3n) is 2.78. The Morgan fingerprint density at radius 2 is 1.61 bits per heavy atom. The van der Waals surface area contributed by atoms with Gasteiger partial charge in [0.05, 0.1) is 27.4 Å². The van der Waals surface area contributed by atoms with Crippen molar-refractivity contribution in [3.8, 4) is 17.2 Å². The zero-order valence-corrected chi connectivity index (χ0v) is 11.4. The first-order valence-electron chi connectivity index (χ1n) is 5.60. The van der Waals surface area contributed by atoms with Gasteiger partial charge in [-0.05, 0) is 26.1 Å². The van der Waals surface area contributed by atoms with Crippen LogP contribution in [0.3, 0.4) is 0 Å². The van der Waals surface area contributed by atoms with E-state index in [0.29, 0.717) is 22.8 Å². The van der Waals surface area contributed by atoms with E-state index in [4.69, 9.17) is 14.2 Å². The predicted molar refractivity (Wildman–Crippen MR) is 69.0 cm³/mol. The minimum atomic E-state index is -0.271. The van der Waals surface area contributed by atoms with Gasteiger partial charge in [0.15, 0.2) is 17.3 Å². The van der Waals surface area contributed by atoms with E-state index in [9.17, 15) is 4.79 Å². The van der Waals surface area contributed by atoms with E-state index in [1.165, 1.54) is 21.3 Å². The van der Waals surface area contributed by atoms with Crippen molar-refractivity contribution >= 4 is 5.78 Å². The third kappa shape index (κ3) is 2.73. The van der Waals surface area contributed by atoms with Gasteiger partial charge < -0.3 is 19.5 Å². The molecule has 0 aliphatic carbocycles. The highest BCUT2D eigenvalue weighted by Gasteiger charge is 2.19. The summed E-state index contributed by atoms with van der Waals surface area (Å²) in [4.78, 5) is 12.1.